The highest BCUT2D eigenvalue weighted by Crippen LogP contribution is 2.30. The number of hydrogen-bond donors (Lipinski definition) is 1. The fraction of sp³-hybridized carbons (Fsp3) is 0.947. The van der Waals surface area contributed by atoms with Gasteiger partial charge in [-0.25, -0.2) is 0 Å². The average Bonchev–Trinajstić information content (AvgIpc) is 2.59. The molecule has 0 spiro atoms. The van der Waals surface area contributed by atoms with E-state index in [0.29, 0.717) is 30.6 Å². The molecule has 0 bridgehead atoms. The minimum absolute atomic E-state index is 0.414. The smallest absolute Gasteiger partial charge is 0.237 e. The maximum atomic E-state index is 13.2. The lowest BCUT2D eigenvalue weighted by Crippen LogP contribution is -2.56. The molecular weight excluding hydrogens is 286 g/mol. The summed E-state index contributed by atoms with van der Waals surface area (Å²) in [5.41, 5.74) is 0. The van der Waals surface area contributed by atoms with Crippen LogP contribution in [-0.2, 0) is 4.79 Å². The van der Waals surface area contributed by atoms with Crippen molar-refractivity contribution in [2.45, 2.75) is 89.3 Å². The van der Waals surface area contributed by atoms with Crippen LogP contribution in [0, 0.1) is 0 Å². The summed E-state index contributed by atoms with van der Waals surface area (Å²) in [7, 11) is 0. The Labute approximate surface area is 142 Å². The van der Waals surface area contributed by atoms with Gasteiger partial charge in [0.25, 0.3) is 0 Å². The molecule has 0 aromatic heterocycles. The molecule has 0 radical (unpaired) electrons. The molecule has 4 nitrogen and oxygen atoms in total. The molecule has 0 unspecified atom stereocenters. The number of carbonyl (C=O) groups is 1. The highest BCUT2D eigenvalue weighted by atomic mass is 16.2. The van der Waals surface area contributed by atoms with Gasteiger partial charge in [-0.1, -0.05) is 38.5 Å². The van der Waals surface area contributed by atoms with Crippen molar-refractivity contribution in [1.82, 2.24) is 15.1 Å². The number of nitrogens with zero attached hydrogens (tertiary/aromatic N) is 2. The maximum Gasteiger partial charge on any atom is 0.237 e. The fourth-order valence-electron chi connectivity index (χ4n) is 4.80. The van der Waals surface area contributed by atoms with Crippen LogP contribution in [0.2, 0.25) is 0 Å². The Balaban J connectivity index is 1.66. The normalized spacial score (nSPS) is 28.7. The van der Waals surface area contributed by atoms with Crippen LogP contribution in [0.15, 0.2) is 0 Å². The van der Waals surface area contributed by atoms with Gasteiger partial charge < -0.3 is 10.2 Å². The zero-order chi connectivity index (χ0) is 16.1. The van der Waals surface area contributed by atoms with Crippen LogP contribution in [0.4, 0.5) is 0 Å². The van der Waals surface area contributed by atoms with E-state index in [9.17, 15) is 4.79 Å². The van der Waals surface area contributed by atoms with Crippen LogP contribution >= 0.6 is 0 Å². The molecule has 132 valence electrons. The van der Waals surface area contributed by atoms with E-state index in [1.54, 1.807) is 0 Å². The molecule has 1 heterocycles. The number of piperazine rings is 1. The van der Waals surface area contributed by atoms with Gasteiger partial charge in [-0.15, -0.1) is 0 Å². The molecular formula is C19H35N3O. The summed E-state index contributed by atoms with van der Waals surface area (Å²) in [6, 6.07) is 1.53. The summed E-state index contributed by atoms with van der Waals surface area (Å²) in [6.07, 6.45) is 12.9. The summed E-state index contributed by atoms with van der Waals surface area (Å²) in [4.78, 5) is 18.0. The Kier molecular flexibility index (Phi) is 6.35. The SMILES string of the molecule is C[C@@H]1CNCCN1CC(=O)N(C1CCCCC1)C1CCCCC1. The molecule has 3 fully saturated rings. The van der Waals surface area contributed by atoms with Crippen LogP contribution in [0.5, 0.6) is 0 Å². The van der Waals surface area contributed by atoms with E-state index in [0.717, 1.165) is 19.6 Å². The molecule has 1 N–H and O–H groups in total. The molecule has 0 aromatic rings. The zero-order valence-corrected chi connectivity index (χ0v) is 14.9. The average molecular weight is 322 g/mol. The summed E-state index contributed by atoms with van der Waals surface area (Å²) in [6.45, 7) is 5.92. The molecule has 2 aliphatic carbocycles. The molecule has 2 saturated carbocycles. The van der Waals surface area contributed by atoms with Crippen molar-refractivity contribution in [3.05, 3.63) is 0 Å². The van der Waals surface area contributed by atoms with E-state index < -0.39 is 0 Å². The summed E-state index contributed by atoms with van der Waals surface area (Å²) in [5, 5.41) is 3.43. The third kappa shape index (κ3) is 4.48. The van der Waals surface area contributed by atoms with Crippen LogP contribution < -0.4 is 5.32 Å². The molecule has 4 heteroatoms. The van der Waals surface area contributed by atoms with Crippen molar-refractivity contribution in [2.24, 2.45) is 0 Å². The molecule has 23 heavy (non-hydrogen) atoms. The largest absolute Gasteiger partial charge is 0.336 e. The molecule has 1 aliphatic heterocycles. The van der Waals surface area contributed by atoms with E-state index in [2.05, 4.69) is 22.0 Å². The highest BCUT2D eigenvalue weighted by molar-refractivity contribution is 5.79. The van der Waals surface area contributed by atoms with E-state index in [1.165, 1.54) is 64.2 Å². The van der Waals surface area contributed by atoms with Gasteiger partial charge in [0.05, 0.1) is 6.54 Å². The number of amides is 1. The minimum atomic E-state index is 0.414. The van der Waals surface area contributed by atoms with Crippen molar-refractivity contribution in [2.75, 3.05) is 26.2 Å². The van der Waals surface area contributed by atoms with E-state index in [-0.39, 0.29) is 0 Å². The lowest BCUT2D eigenvalue weighted by molar-refractivity contribution is -0.140. The van der Waals surface area contributed by atoms with Gasteiger partial charge >= 0.3 is 0 Å². The quantitative estimate of drug-likeness (QED) is 0.865. The van der Waals surface area contributed by atoms with Crippen LogP contribution in [-0.4, -0.2) is 60.0 Å². The third-order valence-corrected chi connectivity index (χ3v) is 6.20. The summed E-state index contributed by atoms with van der Waals surface area (Å²) >= 11 is 0. The second-order valence-corrected chi connectivity index (χ2v) is 7.91. The Morgan fingerprint density at radius 1 is 1.00 bits per heavy atom. The summed E-state index contributed by atoms with van der Waals surface area (Å²) < 4.78 is 0. The number of hydrogen-bond acceptors (Lipinski definition) is 3. The molecule has 3 rings (SSSR count). The van der Waals surface area contributed by atoms with Gasteiger partial charge in [-0.3, -0.25) is 9.69 Å². The van der Waals surface area contributed by atoms with Crippen LogP contribution in [0.3, 0.4) is 0 Å². The van der Waals surface area contributed by atoms with Crippen molar-refractivity contribution < 1.29 is 4.79 Å². The van der Waals surface area contributed by atoms with Crippen molar-refractivity contribution >= 4 is 5.91 Å². The Morgan fingerprint density at radius 2 is 1.57 bits per heavy atom. The van der Waals surface area contributed by atoms with Crippen molar-refractivity contribution in [3.63, 3.8) is 0 Å². The van der Waals surface area contributed by atoms with Crippen LogP contribution in [0.1, 0.15) is 71.1 Å². The Bertz CT molecular complexity index is 357. The van der Waals surface area contributed by atoms with Gasteiger partial charge in [0.1, 0.15) is 0 Å². The first-order valence-corrected chi connectivity index (χ1v) is 10.0. The topological polar surface area (TPSA) is 35.6 Å². The molecule has 1 amide bonds. The number of nitrogens with one attached hydrogen (secondary N) is 1. The van der Waals surface area contributed by atoms with Gasteiger partial charge in [0.15, 0.2) is 0 Å². The lowest BCUT2D eigenvalue weighted by Gasteiger charge is -2.43. The first-order valence-electron chi connectivity index (χ1n) is 10.0. The van der Waals surface area contributed by atoms with E-state index in [1.807, 2.05) is 0 Å². The molecule has 1 saturated heterocycles. The minimum Gasteiger partial charge on any atom is -0.336 e. The summed E-state index contributed by atoms with van der Waals surface area (Å²) in [5.74, 6) is 0.414. The van der Waals surface area contributed by atoms with Crippen LogP contribution in [0.25, 0.3) is 0 Å². The van der Waals surface area contributed by atoms with E-state index in [4.69, 9.17) is 0 Å². The lowest BCUT2D eigenvalue weighted by atomic mass is 9.88. The standard InChI is InChI=1S/C19H35N3O/c1-16-14-20-12-13-21(16)15-19(23)22(17-8-4-2-5-9-17)18-10-6-3-7-11-18/h16-18,20H,2-15H2,1H3/t16-/m1/s1. The second kappa shape index (κ2) is 8.48. The van der Waals surface area contributed by atoms with Gasteiger partial charge in [-0.05, 0) is 32.6 Å². The molecule has 1 atom stereocenters. The first kappa shape index (κ1) is 17.2. The predicted octanol–water partition coefficient (Wildman–Crippen LogP) is 2.77. The van der Waals surface area contributed by atoms with E-state index >= 15 is 0 Å². The molecule has 0 aromatic carbocycles. The van der Waals surface area contributed by atoms with Gasteiger partial charge in [-0.2, -0.15) is 0 Å². The zero-order valence-electron chi connectivity index (χ0n) is 14.9. The maximum absolute atomic E-state index is 13.2. The fourth-order valence-corrected chi connectivity index (χ4v) is 4.80. The predicted molar refractivity (Wildman–Crippen MR) is 94.5 cm³/mol. The van der Waals surface area contributed by atoms with Crippen molar-refractivity contribution in [3.8, 4) is 0 Å². The Hall–Kier alpha value is -0.610. The number of rotatable bonds is 4. The number of carbonyl (C=O) groups excluding carboxylic acids is 1. The third-order valence-electron chi connectivity index (χ3n) is 6.20. The monoisotopic (exact) mass is 321 g/mol. The first-order chi connectivity index (χ1) is 11.3. The Morgan fingerprint density at radius 3 is 2.09 bits per heavy atom. The van der Waals surface area contributed by atoms with Crippen molar-refractivity contribution in [1.29, 1.82) is 0 Å². The van der Waals surface area contributed by atoms with Gasteiger partial charge in [0, 0.05) is 37.8 Å². The highest BCUT2D eigenvalue weighted by Gasteiger charge is 2.33. The molecule has 3 aliphatic rings. The van der Waals surface area contributed by atoms with Gasteiger partial charge in [0.2, 0.25) is 5.91 Å². The second-order valence-electron chi connectivity index (χ2n) is 7.91.